The molecule has 1 aliphatic rings. The average molecular weight is 260 g/mol. The molecule has 0 atom stereocenters. The van der Waals surface area contributed by atoms with Crippen molar-refractivity contribution in [3.8, 4) is 5.75 Å². The lowest BCUT2D eigenvalue weighted by molar-refractivity contribution is 0.363. The Morgan fingerprint density at radius 2 is 2.05 bits per heavy atom. The smallest absolute Gasteiger partial charge is 0.314 e. The molecule has 19 heavy (non-hydrogen) atoms. The Kier molecular flexibility index (Phi) is 2.56. The van der Waals surface area contributed by atoms with Crippen LogP contribution in [0.5, 0.6) is 5.75 Å². The number of hydrogen-bond acceptors (Lipinski definition) is 3. The maximum Gasteiger partial charge on any atom is 0.314 e. The standard InChI is InChI=1S/C13H9FN2O3/c14-9-2-1-7-3-8(6-19-11(7)4-9)10-5-15-12(17)13(18)16-10/h1-5H,6H2,(H,15,17)(H,16,18). The van der Waals surface area contributed by atoms with E-state index in [0.29, 0.717) is 17.0 Å². The summed E-state index contributed by atoms with van der Waals surface area (Å²) in [5.41, 5.74) is 0.466. The van der Waals surface area contributed by atoms with E-state index in [2.05, 4.69) is 9.97 Å². The molecule has 0 amide bonds. The number of rotatable bonds is 1. The van der Waals surface area contributed by atoms with E-state index < -0.39 is 11.1 Å². The highest BCUT2D eigenvalue weighted by Gasteiger charge is 2.14. The maximum absolute atomic E-state index is 13.0. The lowest BCUT2D eigenvalue weighted by Gasteiger charge is -2.17. The molecule has 0 spiro atoms. The van der Waals surface area contributed by atoms with Crippen molar-refractivity contribution >= 4 is 11.6 Å². The van der Waals surface area contributed by atoms with Crippen LogP contribution in [0.4, 0.5) is 4.39 Å². The first-order valence-electron chi connectivity index (χ1n) is 5.59. The van der Waals surface area contributed by atoms with Crippen LogP contribution >= 0.6 is 0 Å². The summed E-state index contributed by atoms with van der Waals surface area (Å²) in [4.78, 5) is 27.1. The maximum atomic E-state index is 13.0. The molecule has 6 heteroatoms. The van der Waals surface area contributed by atoms with Gasteiger partial charge in [-0.05, 0) is 18.2 Å². The van der Waals surface area contributed by atoms with Gasteiger partial charge in [0, 0.05) is 23.4 Å². The summed E-state index contributed by atoms with van der Waals surface area (Å²) in [7, 11) is 0. The molecule has 0 radical (unpaired) electrons. The molecular formula is C13H9FN2O3. The Morgan fingerprint density at radius 3 is 2.84 bits per heavy atom. The van der Waals surface area contributed by atoms with Crippen LogP contribution in [-0.4, -0.2) is 16.6 Å². The molecule has 1 aromatic heterocycles. The van der Waals surface area contributed by atoms with Crippen LogP contribution in [0.15, 0.2) is 34.0 Å². The largest absolute Gasteiger partial charge is 0.488 e. The first kappa shape index (κ1) is 11.5. The van der Waals surface area contributed by atoms with Crippen LogP contribution in [-0.2, 0) is 0 Å². The van der Waals surface area contributed by atoms with Gasteiger partial charge >= 0.3 is 11.1 Å². The molecule has 2 aromatic rings. The number of nitrogens with one attached hydrogen (secondary N) is 2. The van der Waals surface area contributed by atoms with Gasteiger partial charge in [-0.3, -0.25) is 9.59 Å². The van der Waals surface area contributed by atoms with Gasteiger partial charge in [0.2, 0.25) is 0 Å². The lowest BCUT2D eigenvalue weighted by Crippen LogP contribution is -2.30. The van der Waals surface area contributed by atoms with E-state index in [-0.39, 0.29) is 12.4 Å². The Morgan fingerprint density at radius 1 is 1.21 bits per heavy atom. The van der Waals surface area contributed by atoms with Crippen molar-refractivity contribution in [2.24, 2.45) is 0 Å². The highest BCUT2D eigenvalue weighted by molar-refractivity contribution is 5.83. The summed E-state index contributed by atoms with van der Waals surface area (Å²) >= 11 is 0. The summed E-state index contributed by atoms with van der Waals surface area (Å²) in [6, 6.07) is 4.23. The summed E-state index contributed by atoms with van der Waals surface area (Å²) in [5.74, 6) is 0.0866. The van der Waals surface area contributed by atoms with Crippen molar-refractivity contribution in [3.63, 3.8) is 0 Å². The minimum atomic E-state index is -0.719. The van der Waals surface area contributed by atoms with Gasteiger partial charge in [-0.25, -0.2) is 4.39 Å². The molecule has 0 saturated carbocycles. The second kappa shape index (κ2) is 4.24. The van der Waals surface area contributed by atoms with Crippen molar-refractivity contribution in [3.05, 3.63) is 62.2 Å². The van der Waals surface area contributed by atoms with Crippen LogP contribution in [0.2, 0.25) is 0 Å². The lowest BCUT2D eigenvalue weighted by atomic mass is 10.1. The Bertz CT molecular complexity index is 789. The van der Waals surface area contributed by atoms with Gasteiger partial charge in [0.15, 0.2) is 0 Å². The van der Waals surface area contributed by atoms with Gasteiger partial charge in [-0.1, -0.05) is 0 Å². The van der Waals surface area contributed by atoms with E-state index >= 15 is 0 Å². The Labute approximate surface area is 106 Å². The highest BCUT2D eigenvalue weighted by Crippen LogP contribution is 2.29. The monoisotopic (exact) mass is 260 g/mol. The number of aromatic amines is 2. The number of hydrogen-bond donors (Lipinski definition) is 2. The molecule has 2 N–H and O–H groups in total. The third-order valence-corrected chi connectivity index (χ3v) is 2.84. The molecule has 2 heterocycles. The third kappa shape index (κ3) is 2.08. The Balaban J connectivity index is 2.07. The minimum absolute atomic E-state index is 0.193. The summed E-state index contributed by atoms with van der Waals surface area (Å²) in [6.45, 7) is 0.193. The molecule has 96 valence electrons. The highest BCUT2D eigenvalue weighted by atomic mass is 19.1. The zero-order valence-corrected chi connectivity index (χ0v) is 9.70. The number of ether oxygens (including phenoxy) is 1. The number of halogens is 1. The topological polar surface area (TPSA) is 75.0 Å². The Hall–Kier alpha value is -2.63. The summed E-state index contributed by atoms with van der Waals surface area (Å²) in [5, 5.41) is 0. The average Bonchev–Trinajstić information content (AvgIpc) is 2.41. The van der Waals surface area contributed by atoms with Gasteiger partial charge in [-0.2, -0.15) is 0 Å². The molecule has 0 bridgehead atoms. The van der Waals surface area contributed by atoms with Gasteiger partial charge in [-0.15, -0.1) is 0 Å². The molecule has 0 fully saturated rings. The van der Waals surface area contributed by atoms with Crippen molar-refractivity contribution < 1.29 is 9.13 Å². The first-order valence-corrected chi connectivity index (χ1v) is 5.59. The number of fused-ring (bicyclic) bond motifs is 1. The minimum Gasteiger partial charge on any atom is -0.488 e. The fourth-order valence-corrected chi connectivity index (χ4v) is 1.88. The molecule has 0 unspecified atom stereocenters. The normalized spacial score (nSPS) is 13.4. The third-order valence-electron chi connectivity index (χ3n) is 2.84. The van der Waals surface area contributed by atoms with Crippen molar-refractivity contribution in [1.29, 1.82) is 0 Å². The molecule has 5 nitrogen and oxygen atoms in total. The van der Waals surface area contributed by atoms with Gasteiger partial charge < -0.3 is 14.7 Å². The number of benzene rings is 1. The van der Waals surface area contributed by atoms with E-state index in [0.717, 1.165) is 5.56 Å². The second-order valence-electron chi connectivity index (χ2n) is 4.13. The molecule has 1 aliphatic heterocycles. The predicted octanol–water partition coefficient (Wildman–Crippen LogP) is 1.14. The van der Waals surface area contributed by atoms with Crippen LogP contribution in [0, 0.1) is 5.82 Å². The van der Waals surface area contributed by atoms with Crippen molar-refractivity contribution in [2.75, 3.05) is 6.61 Å². The van der Waals surface area contributed by atoms with E-state index in [1.165, 1.54) is 18.3 Å². The molecular weight excluding hydrogens is 251 g/mol. The SMILES string of the molecule is O=c1[nH]cc(C2=Cc3ccc(F)cc3OC2)[nH]c1=O. The van der Waals surface area contributed by atoms with E-state index in [4.69, 9.17) is 4.74 Å². The quantitative estimate of drug-likeness (QED) is 0.755. The summed E-state index contributed by atoms with van der Waals surface area (Å²) in [6.07, 6.45) is 3.19. The van der Waals surface area contributed by atoms with Crippen molar-refractivity contribution in [2.45, 2.75) is 0 Å². The summed E-state index contributed by atoms with van der Waals surface area (Å²) < 4.78 is 18.4. The fraction of sp³-hybridized carbons (Fsp3) is 0.0769. The molecule has 3 rings (SSSR count). The van der Waals surface area contributed by atoms with Gasteiger partial charge in [0.25, 0.3) is 0 Å². The van der Waals surface area contributed by atoms with Crippen LogP contribution in [0.1, 0.15) is 11.3 Å². The fourth-order valence-electron chi connectivity index (χ4n) is 1.88. The molecule has 1 aromatic carbocycles. The van der Waals surface area contributed by atoms with Crippen LogP contribution in [0.3, 0.4) is 0 Å². The van der Waals surface area contributed by atoms with E-state index in [1.54, 1.807) is 12.1 Å². The van der Waals surface area contributed by atoms with Gasteiger partial charge in [0.1, 0.15) is 18.2 Å². The van der Waals surface area contributed by atoms with Crippen LogP contribution in [0.25, 0.3) is 11.6 Å². The predicted molar refractivity (Wildman–Crippen MR) is 67.4 cm³/mol. The van der Waals surface area contributed by atoms with E-state index in [9.17, 15) is 14.0 Å². The second-order valence-corrected chi connectivity index (χ2v) is 4.13. The first-order chi connectivity index (χ1) is 9.13. The molecule has 0 aliphatic carbocycles. The number of H-pyrrole nitrogens is 2. The van der Waals surface area contributed by atoms with Gasteiger partial charge in [0.05, 0.1) is 5.69 Å². The zero-order chi connectivity index (χ0) is 13.4. The van der Waals surface area contributed by atoms with E-state index in [1.807, 2.05) is 0 Å². The van der Waals surface area contributed by atoms with Crippen LogP contribution < -0.4 is 15.9 Å². The molecule has 0 saturated heterocycles. The zero-order valence-electron chi connectivity index (χ0n) is 9.70. The number of aromatic nitrogens is 2. The van der Waals surface area contributed by atoms with Crippen molar-refractivity contribution in [1.82, 2.24) is 9.97 Å².